The summed E-state index contributed by atoms with van der Waals surface area (Å²) < 4.78 is 38.5. The van der Waals surface area contributed by atoms with Gasteiger partial charge in [0, 0.05) is 29.7 Å². The highest BCUT2D eigenvalue weighted by atomic mass is 32.2. The third-order valence-electron chi connectivity index (χ3n) is 5.32. The molecule has 1 aliphatic heterocycles. The highest BCUT2D eigenvalue weighted by Crippen LogP contribution is 2.24. The number of hydrogen-bond donors (Lipinski definition) is 1. The largest absolute Gasteiger partial charge is 0.464 e. The number of morpholine rings is 1. The fraction of sp³-hybridized carbons (Fsp3) is 0.348. The SMILES string of the molecule is Cc1ccc2c(CC(=O)Nc3ccc(S(=O)(=O)N4C[C@H](C)O[C@@H](C)C4)cc3)coc2c1. The number of ether oxygens (including phenoxy) is 1. The van der Waals surface area contributed by atoms with Crippen LogP contribution in [0, 0.1) is 6.92 Å². The summed E-state index contributed by atoms with van der Waals surface area (Å²) in [4.78, 5) is 12.7. The van der Waals surface area contributed by atoms with Gasteiger partial charge in [-0.1, -0.05) is 12.1 Å². The number of benzene rings is 2. The normalized spacial score (nSPS) is 20.1. The average molecular weight is 443 g/mol. The fourth-order valence-electron chi connectivity index (χ4n) is 3.89. The first-order chi connectivity index (χ1) is 14.7. The first-order valence-corrected chi connectivity index (χ1v) is 11.7. The highest BCUT2D eigenvalue weighted by Gasteiger charge is 2.32. The van der Waals surface area contributed by atoms with Crippen LogP contribution in [-0.4, -0.2) is 43.9 Å². The van der Waals surface area contributed by atoms with Gasteiger partial charge in [0.05, 0.1) is 29.8 Å². The van der Waals surface area contributed by atoms with Gasteiger partial charge in [-0.15, -0.1) is 0 Å². The van der Waals surface area contributed by atoms with Crippen LogP contribution in [0.4, 0.5) is 5.69 Å². The topological polar surface area (TPSA) is 88.9 Å². The van der Waals surface area contributed by atoms with Gasteiger partial charge in [-0.2, -0.15) is 4.31 Å². The number of furan rings is 1. The Morgan fingerprint density at radius 1 is 1.10 bits per heavy atom. The molecular weight excluding hydrogens is 416 g/mol. The smallest absolute Gasteiger partial charge is 0.243 e. The lowest BCUT2D eigenvalue weighted by Gasteiger charge is -2.34. The number of nitrogens with zero attached hydrogens (tertiary/aromatic N) is 1. The Kier molecular flexibility index (Phi) is 5.88. The van der Waals surface area contributed by atoms with Crippen LogP contribution >= 0.6 is 0 Å². The molecule has 0 unspecified atom stereocenters. The Balaban J connectivity index is 1.43. The molecule has 0 saturated carbocycles. The van der Waals surface area contributed by atoms with Crippen molar-refractivity contribution in [2.45, 2.75) is 44.3 Å². The van der Waals surface area contributed by atoms with Crippen molar-refractivity contribution in [3.05, 3.63) is 59.9 Å². The van der Waals surface area contributed by atoms with E-state index in [2.05, 4.69) is 5.32 Å². The second-order valence-corrected chi connectivity index (χ2v) is 10.0. The number of fused-ring (bicyclic) bond motifs is 1. The summed E-state index contributed by atoms with van der Waals surface area (Å²) in [6.07, 6.45) is 1.46. The molecular formula is C23H26N2O5S. The number of sulfonamides is 1. The van der Waals surface area contributed by atoms with Crippen molar-refractivity contribution in [3.8, 4) is 0 Å². The number of amides is 1. The van der Waals surface area contributed by atoms with Crippen LogP contribution in [0.15, 0.2) is 58.0 Å². The summed E-state index contributed by atoms with van der Waals surface area (Å²) in [5, 5.41) is 3.73. The molecule has 1 aromatic heterocycles. The predicted molar refractivity (Wildman–Crippen MR) is 118 cm³/mol. The van der Waals surface area contributed by atoms with Crippen molar-refractivity contribution in [3.63, 3.8) is 0 Å². The summed E-state index contributed by atoms with van der Waals surface area (Å²) in [6, 6.07) is 12.1. The van der Waals surface area contributed by atoms with E-state index >= 15 is 0 Å². The van der Waals surface area contributed by atoms with Gasteiger partial charge < -0.3 is 14.5 Å². The first-order valence-electron chi connectivity index (χ1n) is 10.2. The first kappa shape index (κ1) is 21.5. The van der Waals surface area contributed by atoms with Gasteiger partial charge >= 0.3 is 0 Å². The van der Waals surface area contributed by atoms with Crippen molar-refractivity contribution in [1.82, 2.24) is 4.31 Å². The van der Waals surface area contributed by atoms with Crippen molar-refractivity contribution < 1.29 is 22.4 Å². The quantitative estimate of drug-likeness (QED) is 0.651. The molecule has 1 saturated heterocycles. The number of hydrogen-bond acceptors (Lipinski definition) is 5. The van der Waals surface area contributed by atoms with E-state index in [0.29, 0.717) is 18.8 Å². The van der Waals surface area contributed by atoms with Crippen LogP contribution in [0.25, 0.3) is 11.0 Å². The van der Waals surface area contributed by atoms with E-state index < -0.39 is 10.0 Å². The maximum Gasteiger partial charge on any atom is 0.243 e. The number of aryl methyl sites for hydroxylation is 1. The van der Waals surface area contributed by atoms with Gasteiger partial charge in [-0.25, -0.2) is 8.42 Å². The molecule has 3 aromatic rings. The Hall–Kier alpha value is -2.68. The molecule has 8 heteroatoms. The van der Waals surface area contributed by atoms with Gasteiger partial charge in [-0.05, 0) is 56.7 Å². The van der Waals surface area contributed by atoms with E-state index in [1.807, 2.05) is 39.0 Å². The van der Waals surface area contributed by atoms with Crippen molar-refractivity contribution >= 4 is 32.6 Å². The van der Waals surface area contributed by atoms with Crippen molar-refractivity contribution in [2.75, 3.05) is 18.4 Å². The summed E-state index contributed by atoms with van der Waals surface area (Å²) in [5.74, 6) is -0.199. The lowest BCUT2D eigenvalue weighted by Crippen LogP contribution is -2.48. The average Bonchev–Trinajstić information content (AvgIpc) is 3.09. The molecule has 4 rings (SSSR count). The molecule has 1 fully saturated rings. The lowest BCUT2D eigenvalue weighted by molar-refractivity contribution is -0.115. The third-order valence-corrected chi connectivity index (χ3v) is 7.17. The van der Waals surface area contributed by atoms with E-state index in [1.54, 1.807) is 18.4 Å². The number of carbonyl (C=O) groups is 1. The fourth-order valence-corrected chi connectivity index (χ4v) is 5.48. The molecule has 2 atom stereocenters. The Bertz CT molecular complexity index is 1190. The van der Waals surface area contributed by atoms with E-state index in [4.69, 9.17) is 9.15 Å². The summed E-state index contributed by atoms with van der Waals surface area (Å²) in [6.45, 7) is 6.35. The third kappa shape index (κ3) is 4.66. The number of rotatable bonds is 5. The number of anilines is 1. The summed E-state index contributed by atoms with van der Waals surface area (Å²) >= 11 is 0. The van der Waals surface area contributed by atoms with Crippen LogP contribution in [0.2, 0.25) is 0 Å². The molecule has 2 aromatic carbocycles. The van der Waals surface area contributed by atoms with Crippen LogP contribution in [-0.2, 0) is 26.0 Å². The Morgan fingerprint density at radius 2 is 1.77 bits per heavy atom. The van der Waals surface area contributed by atoms with E-state index in [0.717, 1.165) is 22.1 Å². The van der Waals surface area contributed by atoms with Crippen LogP contribution in [0.5, 0.6) is 0 Å². The van der Waals surface area contributed by atoms with E-state index in [-0.39, 0.29) is 29.4 Å². The van der Waals surface area contributed by atoms with Gasteiger partial charge in [0.1, 0.15) is 5.58 Å². The molecule has 0 spiro atoms. The Morgan fingerprint density at radius 3 is 2.45 bits per heavy atom. The minimum atomic E-state index is -3.61. The maximum absolute atomic E-state index is 12.9. The second kappa shape index (κ2) is 8.45. The molecule has 1 aliphatic rings. The van der Waals surface area contributed by atoms with E-state index in [1.165, 1.54) is 16.4 Å². The zero-order valence-electron chi connectivity index (χ0n) is 17.8. The molecule has 0 bridgehead atoms. The Labute approximate surface area is 182 Å². The monoisotopic (exact) mass is 442 g/mol. The molecule has 2 heterocycles. The van der Waals surface area contributed by atoms with Gasteiger partial charge in [0.15, 0.2) is 0 Å². The minimum absolute atomic E-state index is 0.153. The molecule has 164 valence electrons. The molecule has 7 nitrogen and oxygen atoms in total. The lowest BCUT2D eigenvalue weighted by atomic mass is 10.1. The molecule has 1 amide bonds. The highest BCUT2D eigenvalue weighted by molar-refractivity contribution is 7.89. The van der Waals surface area contributed by atoms with Gasteiger partial charge in [0.25, 0.3) is 0 Å². The van der Waals surface area contributed by atoms with Crippen molar-refractivity contribution in [2.24, 2.45) is 0 Å². The predicted octanol–water partition coefficient (Wildman–Crippen LogP) is 3.72. The molecule has 0 radical (unpaired) electrons. The minimum Gasteiger partial charge on any atom is -0.464 e. The van der Waals surface area contributed by atoms with Crippen molar-refractivity contribution in [1.29, 1.82) is 0 Å². The summed E-state index contributed by atoms with van der Waals surface area (Å²) in [7, 11) is -3.61. The maximum atomic E-state index is 12.9. The molecule has 0 aliphatic carbocycles. The zero-order valence-corrected chi connectivity index (χ0v) is 18.6. The van der Waals surface area contributed by atoms with Crippen LogP contribution < -0.4 is 5.32 Å². The second-order valence-electron chi connectivity index (χ2n) is 8.09. The van der Waals surface area contributed by atoms with Gasteiger partial charge in [-0.3, -0.25) is 4.79 Å². The van der Waals surface area contributed by atoms with E-state index in [9.17, 15) is 13.2 Å². The molecule has 31 heavy (non-hydrogen) atoms. The van der Waals surface area contributed by atoms with Crippen LogP contribution in [0.1, 0.15) is 25.0 Å². The zero-order chi connectivity index (χ0) is 22.2. The summed E-state index contributed by atoms with van der Waals surface area (Å²) in [5.41, 5.74) is 3.19. The number of carbonyl (C=O) groups excluding carboxylic acids is 1. The number of nitrogens with one attached hydrogen (secondary N) is 1. The standard InChI is InChI=1S/C23H26N2O5S/c1-15-4-9-21-18(14-29-22(21)10-15)11-23(26)24-19-5-7-20(8-6-19)31(27,28)25-12-16(2)30-17(3)13-25/h4-10,14,16-17H,11-13H2,1-3H3,(H,24,26)/t16-,17-/m0/s1. The van der Waals surface area contributed by atoms with Crippen LogP contribution in [0.3, 0.4) is 0 Å². The van der Waals surface area contributed by atoms with Gasteiger partial charge in [0.2, 0.25) is 15.9 Å². The molecule has 1 N–H and O–H groups in total.